The largest absolute Gasteiger partial charge is 0.467 e. The van der Waals surface area contributed by atoms with E-state index in [-0.39, 0.29) is 23.1 Å². The van der Waals surface area contributed by atoms with Gasteiger partial charge in [0.05, 0.1) is 12.8 Å². The number of rotatable bonds is 5. The lowest BCUT2D eigenvalue weighted by Crippen LogP contribution is -2.45. The second kappa shape index (κ2) is 6.40. The van der Waals surface area contributed by atoms with E-state index in [0.717, 1.165) is 0 Å². The van der Waals surface area contributed by atoms with Crippen molar-refractivity contribution < 1.29 is 22.2 Å². The lowest BCUT2D eigenvalue weighted by atomic mass is 10.2. The molecule has 0 aliphatic carbocycles. The number of aryl methyl sites for hydroxylation is 2. The average Bonchev–Trinajstić information content (AvgIpc) is 3.25. The Labute approximate surface area is 139 Å². The molecule has 130 valence electrons. The molecule has 2 aromatic rings. The topological polar surface area (TPSA) is 106 Å². The quantitative estimate of drug-likeness (QED) is 0.870. The fourth-order valence-electron chi connectivity index (χ4n) is 2.96. The summed E-state index contributed by atoms with van der Waals surface area (Å²) in [5.41, 5.74) is 0.300. The summed E-state index contributed by atoms with van der Waals surface area (Å²) in [7, 11) is -3.83. The van der Waals surface area contributed by atoms with Crippen LogP contribution in [0.4, 0.5) is 0 Å². The standard InChI is InChI=1S/C15H19N3O5S/c1-10-14(11(2)23-17-10)24(20,21)18-7-3-6-13(18)15(19)16-9-12-5-4-8-22-12/h4-5,8,13H,3,6-7,9H2,1-2H3,(H,16,19). The van der Waals surface area contributed by atoms with Crippen LogP contribution in [-0.2, 0) is 21.4 Å². The highest BCUT2D eigenvalue weighted by Gasteiger charge is 2.41. The number of hydrogen-bond donors (Lipinski definition) is 1. The van der Waals surface area contributed by atoms with Crippen LogP contribution in [0.5, 0.6) is 0 Å². The molecule has 1 saturated heterocycles. The van der Waals surface area contributed by atoms with Crippen LogP contribution in [0.1, 0.15) is 30.1 Å². The predicted octanol–water partition coefficient (Wildman–Crippen LogP) is 1.35. The maximum atomic E-state index is 12.9. The number of aromatic nitrogens is 1. The molecule has 1 unspecified atom stereocenters. The van der Waals surface area contributed by atoms with Gasteiger partial charge in [0.25, 0.3) is 0 Å². The van der Waals surface area contributed by atoms with Gasteiger partial charge in [-0.3, -0.25) is 4.79 Å². The monoisotopic (exact) mass is 353 g/mol. The number of amides is 1. The summed E-state index contributed by atoms with van der Waals surface area (Å²) in [6.07, 6.45) is 2.62. The molecule has 8 nitrogen and oxygen atoms in total. The van der Waals surface area contributed by atoms with Gasteiger partial charge in [-0.1, -0.05) is 5.16 Å². The number of sulfonamides is 1. The van der Waals surface area contributed by atoms with Crippen LogP contribution < -0.4 is 5.32 Å². The number of carbonyl (C=O) groups excluding carboxylic acids is 1. The minimum atomic E-state index is -3.83. The molecule has 3 heterocycles. The summed E-state index contributed by atoms with van der Waals surface area (Å²) in [5.74, 6) is 0.509. The van der Waals surface area contributed by atoms with Gasteiger partial charge < -0.3 is 14.3 Å². The van der Waals surface area contributed by atoms with Gasteiger partial charge in [0, 0.05) is 6.54 Å². The highest BCUT2D eigenvalue weighted by atomic mass is 32.2. The number of hydrogen-bond acceptors (Lipinski definition) is 6. The summed E-state index contributed by atoms with van der Waals surface area (Å²) in [6, 6.07) is 2.73. The van der Waals surface area contributed by atoms with Crippen molar-refractivity contribution in [3.63, 3.8) is 0 Å². The van der Waals surface area contributed by atoms with E-state index in [2.05, 4.69) is 10.5 Å². The smallest absolute Gasteiger partial charge is 0.249 e. The highest BCUT2D eigenvalue weighted by molar-refractivity contribution is 7.89. The normalized spacial score (nSPS) is 18.8. The zero-order valence-electron chi connectivity index (χ0n) is 13.5. The van der Waals surface area contributed by atoms with Gasteiger partial charge in [0.1, 0.15) is 22.4 Å². The Morgan fingerprint density at radius 1 is 1.46 bits per heavy atom. The van der Waals surface area contributed by atoms with Crippen LogP contribution in [0.25, 0.3) is 0 Å². The minimum Gasteiger partial charge on any atom is -0.467 e. The third kappa shape index (κ3) is 2.96. The first-order valence-electron chi connectivity index (χ1n) is 7.66. The van der Waals surface area contributed by atoms with E-state index in [1.165, 1.54) is 10.6 Å². The van der Waals surface area contributed by atoms with Crippen LogP contribution in [0.2, 0.25) is 0 Å². The maximum absolute atomic E-state index is 12.9. The molecule has 2 aromatic heterocycles. The van der Waals surface area contributed by atoms with Crippen molar-refractivity contribution in [1.29, 1.82) is 0 Å². The lowest BCUT2D eigenvalue weighted by molar-refractivity contribution is -0.124. The molecule has 1 atom stereocenters. The Balaban J connectivity index is 1.78. The first-order valence-corrected chi connectivity index (χ1v) is 9.10. The van der Waals surface area contributed by atoms with E-state index in [0.29, 0.717) is 30.8 Å². The van der Waals surface area contributed by atoms with E-state index in [1.54, 1.807) is 26.0 Å². The second-order valence-electron chi connectivity index (χ2n) is 5.72. The molecule has 3 rings (SSSR count). The van der Waals surface area contributed by atoms with Crippen LogP contribution in [0.3, 0.4) is 0 Å². The number of nitrogens with zero attached hydrogens (tertiary/aromatic N) is 2. The Kier molecular flexibility index (Phi) is 4.46. The fourth-order valence-corrected chi connectivity index (χ4v) is 4.91. The first-order chi connectivity index (χ1) is 11.4. The van der Waals surface area contributed by atoms with Crippen LogP contribution >= 0.6 is 0 Å². The third-order valence-electron chi connectivity index (χ3n) is 4.06. The Hall–Kier alpha value is -2.13. The van der Waals surface area contributed by atoms with E-state index in [9.17, 15) is 13.2 Å². The molecule has 0 bridgehead atoms. The minimum absolute atomic E-state index is 0.0493. The zero-order valence-corrected chi connectivity index (χ0v) is 14.3. The van der Waals surface area contributed by atoms with Crippen molar-refractivity contribution in [2.75, 3.05) is 6.54 Å². The molecule has 0 saturated carbocycles. The number of furan rings is 1. The van der Waals surface area contributed by atoms with E-state index < -0.39 is 16.1 Å². The van der Waals surface area contributed by atoms with Gasteiger partial charge >= 0.3 is 0 Å². The van der Waals surface area contributed by atoms with E-state index in [1.807, 2.05) is 0 Å². The van der Waals surface area contributed by atoms with Crippen molar-refractivity contribution in [1.82, 2.24) is 14.8 Å². The molecule has 1 amide bonds. The highest BCUT2D eigenvalue weighted by Crippen LogP contribution is 2.29. The Morgan fingerprint density at radius 2 is 2.25 bits per heavy atom. The van der Waals surface area contributed by atoms with Crippen LogP contribution in [-0.4, -0.2) is 36.4 Å². The van der Waals surface area contributed by atoms with E-state index >= 15 is 0 Å². The maximum Gasteiger partial charge on any atom is 0.249 e. The SMILES string of the molecule is Cc1noc(C)c1S(=O)(=O)N1CCCC1C(=O)NCc1ccco1. The Morgan fingerprint density at radius 3 is 2.88 bits per heavy atom. The summed E-state index contributed by atoms with van der Waals surface area (Å²) < 4.78 is 37.2. The van der Waals surface area contributed by atoms with Gasteiger partial charge in [-0.05, 0) is 38.8 Å². The fraction of sp³-hybridized carbons (Fsp3) is 0.467. The molecule has 9 heteroatoms. The molecule has 0 radical (unpaired) electrons. The molecule has 1 aliphatic rings. The molecule has 1 N–H and O–H groups in total. The van der Waals surface area contributed by atoms with Gasteiger partial charge in [-0.2, -0.15) is 4.31 Å². The predicted molar refractivity (Wildman–Crippen MR) is 83.4 cm³/mol. The van der Waals surface area contributed by atoms with Gasteiger partial charge in [-0.25, -0.2) is 8.42 Å². The molecular weight excluding hydrogens is 334 g/mol. The molecule has 1 aliphatic heterocycles. The molecule has 0 aromatic carbocycles. The zero-order chi connectivity index (χ0) is 17.3. The van der Waals surface area contributed by atoms with Crippen molar-refractivity contribution in [3.8, 4) is 0 Å². The molecular formula is C15H19N3O5S. The first kappa shape index (κ1) is 16.7. The lowest BCUT2D eigenvalue weighted by Gasteiger charge is -2.23. The average molecular weight is 353 g/mol. The summed E-state index contributed by atoms with van der Waals surface area (Å²) in [6.45, 7) is 3.65. The molecule has 0 spiro atoms. The third-order valence-corrected chi connectivity index (χ3v) is 6.21. The van der Waals surface area contributed by atoms with Crippen LogP contribution in [0, 0.1) is 13.8 Å². The molecule has 1 fully saturated rings. The number of carbonyl (C=O) groups is 1. The van der Waals surface area contributed by atoms with Crippen molar-refractivity contribution in [2.24, 2.45) is 0 Å². The van der Waals surface area contributed by atoms with Gasteiger partial charge in [0.2, 0.25) is 15.9 Å². The Bertz CT molecular complexity index is 806. The number of nitrogens with one attached hydrogen (secondary N) is 1. The van der Waals surface area contributed by atoms with Crippen molar-refractivity contribution >= 4 is 15.9 Å². The summed E-state index contributed by atoms with van der Waals surface area (Å²) >= 11 is 0. The van der Waals surface area contributed by atoms with E-state index in [4.69, 9.17) is 8.94 Å². The second-order valence-corrected chi connectivity index (χ2v) is 7.55. The molecule has 24 heavy (non-hydrogen) atoms. The summed E-state index contributed by atoms with van der Waals surface area (Å²) in [4.78, 5) is 12.5. The van der Waals surface area contributed by atoms with Gasteiger partial charge in [-0.15, -0.1) is 0 Å². The van der Waals surface area contributed by atoms with Crippen molar-refractivity contribution in [2.45, 2.75) is 44.2 Å². The van der Waals surface area contributed by atoms with Gasteiger partial charge in [0.15, 0.2) is 5.76 Å². The van der Waals surface area contributed by atoms with Crippen molar-refractivity contribution in [3.05, 3.63) is 35.6 Å². The summed E-state index contributed by atoms with van der Waals surface area (Å²) in [5, 5.41) is 6.43. The van der Waals surface area contributed by atoms with Crippen LogP contribution in [0.15, 0.2) is 32.2 Å².